The Morgan fingerprint density at radius 3 is 2.93 bits per heavy atom. The monoisotopic (exact) mass is 254 g/mol. The van der Waals surface area contributed by atoms with Crippen LogP contribution in [-0.4, -0.2) is 16.3 Å². The van der Waals surface area contributed by atoms with Crippen LogP contribution in [0.4, 0.5) is 0 Å². The first-order valence-electron chi connectivity index (χ1n) is 4.46. The molecule has 0 spiro atoms. The Bertz CT molecular complexity index is 450. The third-order valence-electron chi connectivity index (χ3n) is 1.89. The van der Waals surface area contributed by atoms with E-state index in [9.17, 15) is 0 Å². The molecule has 0 fully saturated rings. The van der Waals surface area contributed by atoms with E-state index in [1.54, 1.807) is 6.20 Å². The van der Waals surface area contributed by atoms with E-state index in [0.29, 0.717) is 0 Å². The first-order chi connectivity index (χ1) is 6.68. The summed E-state index contributed by atoms with van der Waals surface area (Å²) >= 11 is 3.46. The molecular weight excluding hydrogens is 244 g/mol. The Hall–Kier alpha value is -1.03. The number of rotatable bonds is 2. The summed E-state index contributed by atoms with van der Waals surface area (Å²) in [5, 5.41) is 7.97. The number of aromatic nitrogens is 2. The van der Waals surface area contributed by atoms with E-state index in [1.807, 2.05) is 26.0 Å². The predicted molar refractivity (Wildman–Crippen MR) is 59.6 cm³/mol. The summed E-state index contributed by atoms with van der Waals surface area (Å²) in [5.74, 6) is 0.843. The fourth-order valence-corrected chi connectivity index (χ4v) is 1.76. The molecule has 2 rings (SSSR count). The third kappa shape index (κ3) is 1.62. The highest BCUT2D eigenvalue weighted by atomic mass is 79.9. The van der Waals surface area contributed by atoms with Gasteiger partial charge in [-0.25, -0.2) is 0 Å². The number of nitrogens with zero attached hydrogens (tertiary/aromatic N) is 1. The van der Waals surface area contributed by atoms with Gasteiger partial charge in [0.25, 0.3) is 0 Å². The summed E-state index contributed by atoms with van der Waals surface area (Å²) in [6, 6.07) is 3.90. The largest absolute Gasteiger partial charge is 0.489 e. The number of fused-ring (bicyclic) bond motifs is 1. The van der Waals surface area contributed by atoms with Crippen LogP contribution in [0.15, 0.2) is 22.8 Å². The lowest BCUT2D eigenvalue weighted by atomic mass is 10.2. The summed E-state index contributed by atoms with van der Waals surface area (Å²) < 4.78 is 6.67. The minimum atomic E-state index is 0.169. The first kappa shape index (κ1) is 9.52. The van der Waals surface area contributed by atoms with E-state index in [-0.39, 0.29) is 6.10 Å². The highest BCUT2D eigenvalue weighted by Gasteiger charge is 2.08. The van der Waals surface area contributed by atoms with E-state index >= 15 is 0 Å². The number of benzene rings is 1. The predicted octanol–water partition coefficient (Wildman–Crippen LogP) is 3.11. The number of H-pyrrole nitrogens is 1. The second-order valence-corrected chi connectivity index (χ2v) is 4.23. The van der Waals surface area contributed by atoms with Gasteiger partial charge in [-0.2, -0.15) is 5.10 Å². The van der Waals surface area contributed by atoms with Gasteiger partial charge in [0, 0.05) is 9.86 Å². The lowest BCUT2D eigenvalue weighted by Gasteiger charge is -2.10. The molecule has 74 valence electrons. The van der Waals surface area contributed by atoms with Crippen molar-refractivity contribution in [2.75, 3.05) is 0 Å². The quantitative estimate of drug-likeness (QED) is 0.895. The average molecular weight is 255 g/mol. The van der Waals surface area contributed by atoms with Crippen molar-refractivity contribution < 1.29 is 4.74 Å². The minimum Gasteiger partial charge on any atom is -0.489 e. The molecule has 2 aromatic rings. The summed E-state index contributed by atoms with van der Waals surface area (Å²) in [5.41, 5.74) is 0.938. The molecule has 1 aromatic heterocycles. The second-order valence-electron chi connectivity index (χ2n) is 3.37. The van der Waals surface area contributed by atoms with Crippen LogP contribution in [-0.2, 0) is 0 Å². The SMILES string of the molecule is CC(C)Oc1ccc(Br)c2cn[nH]c12. The van der Waals surface area contributed by atoms with Gasteiger partial charge >= 0.3 is 0 Å². The van der Waals surface area contributed by atoms with Gasteiger partial charge in [-0.3, -0.25) is 5.10 Å². The van der Waals surface area contributed by atoms with Crippen molar-refractivity contribution in [2.24, 2.45) is 0 Å². The van der Waals surface area contributed by atoms with Gasteiger partial charge in [-0.15, -0.1) is 0 Å². The average Bonchev–Trinajstić information content (AvgIpc) is 2.58. The van der Waals surface area contributed by atoms with Crippen LogP contribution >= 0.6 is 15.9 Å². The molecule has 1 N–H and O–H groups in total. The van der Waals surface area contributed by atoms with Gasteiger partial charge in [0.05, 0.1) is 12.3 Å². The Morgan fingerprint density at radius 2 is 2.21 bits per heavy atom. The maximum Gasteiger partial charge on any atom is 0.145 e. The maximum atomic E-state index is 5.65. The molecule has 0 aliphatic carbocycles. The summed E-state index contributed by atoms with van der Waals surface area (Å²) in [7, 11) is 0. The summed E-state index contributed by atoms with van der Waals surface area (Å²) in [6.07, 6.45) is 1.95. The van der Waals surface area contributed by atoms with E-state index in [1.165, 1.54) is 0 Å². The van der Waals surface area contributed by atoms with E-state index in [0.717, 1.165) is 21.1 Å². The van der Waals surface area contributed by atoms with Crippen LogP contribution in [0.25, 0.3) is 10.9 Å². The van der Waals surface area contributed by atoms with Gasteiger partial charge in [0.1, 0.15) is 11.3 Å². The van der Waals surface area contributed by atoms with Gasteiger partial charge in [0.2, 0.25) is 0 Å². The van der Waals surface area contributed by atoms with E-state index < -0.39 is 0 Å². The number of hydrogen-bond acceptors (Lipinski definition) is 2. The van der Waals surface area contributed by atoms with E-state index in [2.05, 4.69) is 26.1 Å². The van der Waals surface area contributed by atoms with Crippen molar-refractivity contribution in [1.82, 2.24) is 10.2 Å². The molecule has 0 radical (unpaired) electrons. The Balaban J connectivity index is 2.55. The topological polar surface area (TPSA) is 37.9 Å². The lowest BCUT2D eigenvalue weighted by molar-refractivity contribution is 0.245. The molecule has 0 atom stereocenters. The molecule has 14 heavy (non-hydrogen) atoms. The van der Waals surface area contributed by atoms with Crippen molar-refractivity contribution in [2.45, 2.75) is 20.0 Å². The second kappa shape index (κ2) is 3.61. The number of halogens is 1. The molecule has 0 amide bonds. The fourth-order valence-electron chi connectivity index (χ4n) is 1.33. The van der Waals surface area contributed by atoms with Crippen LogP contribution in [0.1, 0.15) is 13.8 Å². The van der Waals surface area contributed by atoms with Crippen LogP contribution < -0.4 is 4.74 Å². The van der Waals surface area contributed by atoms with Crippen LogP contribution in [0.3, 0.4) is 0 Å². The van der Waals surface area contributed by atoms with Crippen molar-refractivity contribution in [3.05, 3.63) is 22.8 Å². The van der Waals surface area contributed by atoms with Gasteiger partial charge in [-0.1, -0.05) is 15.9 Å². The highest BCUT2D eigenvalue weighted by Crippen LogP contribution is 2.30. The molecule has 0 saturated heterocycles. The van der Waals surface area contributed by atoms with Crippen LogP contribution in [0.5, 0.6) is 5.75 Å². The first-order valence-corrected chi connectivity index (χ1v) is 5.26. The van der Waals surface area contributed by atoms with Crippen molar-refractivity contribution >= 4 is 26.8 Å². The third-order valence-corrected chi connectivity index (χ3v) is 2.58. The number of hydrogen-bond donors (Lipinski definition) is 1. The molecule has 0 bridgehead atoms. The minimum absolute atomic E-state index is 0.169. The Morgan fingerprint density at radius 1 is 1.43 bits per heavy atom. The number of ether oxygens (including phenoxy) is 1. The summed E-state index contributed by atoms with van der Waals surface area (Å²) in [6.45, 7) is 4.01. The lowest BCUT2D eigenvalue weighted by Crippen LogP contribution is -2.05. The molecule has 0 unspecified atom stereocenters. The van der Waals surface area contributed by atoms with Gasteiger partial charge < -0.3 is 4.74 Å². The van der Waals surface area contributed by atoms with Gasteiger partial charge in [-0.05, 0) is 26.0 Å². The Kier molecular flexibility index (Phi) is 2.46. The smallest absolute Gasteiger partial charge is 0.145 e. The Labute approximate surface area is 90.6 Å². The standard InChI is InChI=1S/C10H11BrN2O/c1-6(2)14-9-4-3-8(11)7-5-12-13-10(7)9/h3-6H,1-2H3,(H,12,13). The summed E-state index contributed by atoms with van der Waals surface area (Å²) in [4.78, 5) is 0. The fraction of sp³-hybridized carbons (Fsp3) is 0.300. The molecule has 0 aliphatic heterocycles. The molecule has 4 heteroatoms. The molecular formula is C10H11BrN2O. The molecule has 1 heterocycles. The molecule has 3 nitrogen and oxygen atoms in total. The zero-order chi connectivity index (χ0) is 10.1. The molecule has 0 aliphatic rings. The van der Waals surface area contributed by atoms with Crippen LogP contribution in [0.2, 0.25) is 0 Å². The maximum absolute atomic E-state index is 5.65. The number of nitrogens with one attached hydrogen (secondary N) is 1. The van der Waals surface area contributed by atoms with Crippen molar-refractivity contribution in [1.29, 1.82) is 0 Å². The zero-order valence-corrected chi connectivity index (χ0v) is 9.63. The van der Waals surface area contributed by atoms with Gasteiger partial charge in [0.15, 0.2) is 0 Å². The molecule has 0 saturated carbocycles. The van der Waals surface area contributed by atoms with Crippen molar-refractivity contribution in [3.63, 3.8) is 0 Å². The highest BCUT2D eigenvalue weighted by molar-refractivity contribution is 9.10. The van der Waals surface area contributed by atoms with E-state index in [4.69, 9.17) is 4.74 Å². The number of aromatic amines is 1. The normalized spacial score (nSPS) is 11.1. The van der Waals surface area contributed by atoms with Crippen LogP contribution in [0, 0.1) is 0 Å². The van der Waals surface area contributed by atoms with Crippen molar-refractivity contribution in [3.8, 4) is 5.75 Å². The zero-order valence-electron chi connectivity index (χ0n) is 8.04. The molecule has 1 aromatic carbocycles.